The van der Waals surface area contributed by atoms with E-state index in [4.69, 9.17) is 16.3 Å². The van der Waals surface area contributed by atoms with Crippen LogP contribution < -0.4 is 4.90 Å². The average molecular weight is 413 g/mol. The molecule has 1 aliphatic heterocycles. The number of carboxylic acid groups (broad SMARTS) is 1. The first kappa shape index (κ1) is 20.9. The summed E-state index contributed by atoms with van der Waals surface area (Å²) in [7, 11) is 1.61. The van der Waals surface area contributed by atoms with Crippen molar-refractivity contribution in [3.8, 4) is 11.1 Å². The molecule has 0 amide bonds. The van der Waals surface area contributed by atoms with Gasteiger partial charge in [-0.05, 0) is 43.5 Å². The van der Waals surface area contributed by atoms with Crippen LogP contribution in [0.25, 0.3) is 11.1 Å². The molecule has 0 bridgehead atoms. The van der Waals surface area contributed by atoms with Crippen LogP contribution in [0.15, 0.2) is 64.8 Å². The lowest BCUT2D eigenvalue weighted by Crippen LogP contribution is -2.36. The number of anilines is 1. The van der Waals surface area contributed by atoms with E-state index < -0.39 is 11.6 Å². The highest BCUT2D eigenvalue weighted by molar-refractivity contribution is 6.23. The summed E-state index contributed by atoms with van der Waals surface area (Å²) in [6.07, 6.45) is 2.95. The summed E-state index contributed by atoms with van der Waals surface area (Å²) in [5.41, 5.74) is 4.52. The van der Waals surface area contributed by atoms with E-state index in [-0.39, 0.29) is 5.56 Å². The Kier molecular flexibility index (Phi) is 6.60. The standard InChI is InChI=1S/C23H25ClN2O3/c1-4-5-9-19-15(2)21(29-3)25-23(24)26(19)20-10-7-6-8-18(20)16-11-13-17(14-12-16)22(27)28/h6-8,10-14,23H,4-5,9H2,1-3H3,(H,27,28). The van der Waals surface area contributed by atoms with Gasteiger partial charge in [0.2, 0.25) is 11.5 Å². The molecule has 0 saturated heterocycles. The van der Waals surface area contributed by atoms with Crippen LogP contribution in [0.3, 0.4) is 0 Å². The number of rotatable bonds is 6. The van der Waals surface area contributed by atoms with Gasteiger partial charge in [0, 0.05) is 16.8 Å². The predicted octanol–water partition coefficient (Wildman–Crippen LogP) is 5.90. The maximum Gasteiger partial charge on any atom is 0.335 e. The smallest absolute Gasteiger partial charge is 0.335 e. The third-order valence-electron chi connectivity index (χ3n) is 5.05. The molecule has 2 aromatic carbocycles. The number of para-hydroxylation sites is 1. The molecule has 0 spiro atoms. The Hall–Kier alpha value is -2.79. The zero-order valence-electron chi connectivity index (χ0n) is 16.9. The van der Waals surface area contributed by atoms with Gasteiger partial charge >= 0.3 is 5.97 Å². The number of halogens is 1. The SMILES string of the molecule is CCCCC1=C(C)C(OC)=NC(Cl)N1c1ccccc1-c1ccc(C(=O)O)cc1. The van der Waals surface area contributed by atoms with E-state index in [1.165, 1.54) is 0 Å². The van der Waals surface area contributed by atoms with Gasteiger partial charge in [0.15, 0.2) is 0 Å². The first-order chi connectivity index (χ1) is 14.0. The summed E-state index contributed by atoms with van der Waals surface area (Å²) in [5, 5.41) is 9.18. The Morgan fingerprint density at radius 3 is 2.52 bits per heavy atom. The van der Waals surface area contributed by atoms with Gasteiger partial charge in [0.05, 0.1) is 18.4 Å². The van der Waals surface area contributed by atoms with Crippen LogP contribution in [-0.2, 0) is 4.74 Å². The number of hydrogen-bond donors (Lipinski definition) is 1. The topological polar surface area (TPSA) is 62.1 Å². The molecule has 3 rings (SSSR count). The Balaban J connectivity index is 2.10. The quantitative estimate of drug-likeness (QED) is 0.473. The van der Waals surface area contributed by atoms with Crippen LogP contribution in [0.1, 0.15) is 43.5 Å². The van der Waals surface area contributed by atoms with Crippen LogP contribution in [0.4, 0.5) is 5.69 Å². The lowest BCUT2D eigenvalue weighted by molar-refractivity contribution is 0.0697. The zero-order chi connectivity index (χ0) is 21.0. The number of allylic oxidation sites excluding steroid dienone is 1. The van der Waals surface area contributed by atoms with Crippen molar-refractivity contribution < 1.29 is 14.6 Å². The minimum atomic E-state index is -0.941. The maximum atomic E-state index is 11.2. The molecule has 152 valence electrons. The molecule has 1 N–H and O–H groups in total. The molecule has 0 aromatic heterocycles. The third-order valence-corrected chi connectivity index (χ3v) is 5.34. The molecule has 1 heterocycles. The van der Waals surface area contributed by atoms with Crippen LogP contribution in [-0.4, -0.2) is 29.7 Å². The maximum absolute atomic E-state index is 11.2. The van der Waals surface area contributed by atoms with Crippen LogP contribution >= 0.6 is 11.6 Å². The van der Waals surface area contributed by atoms with Gasteiger partial charge < -0.3 is 14.7 Å². The molecular formula is C23H25ClN2O3. The summed E-state index contributed by atoms with van der Waals surface area (Å²) >= 11 is 6.70. The fourth-order valence-electron chi connectivity index (χ4n) is 3.52. The number of nitrogens with zero attached hydrogens (tertiary/aromatic N) is 2. The highest BCUT2D eigenvalue weighted by atomic mass is 35.5. The fraction of sp³-hybridized carbons (Fsp3) is 0.304. The number of alkyl halides is 1. The van der Waals surface area contributed by atoms with E-state index in [9.17, 15) is 9.90 Å². The first-order valence-electron chi connectivity index (χ1n) is 9.65. The first-order valence-corrected chi connectivity index (χ1v) is 10.1. The molecule has 0 fully saturated rings. The molecule has 1 aliphatic rings. The van der Waals surface area contributed by atoms with Crippen molar-refractivity contribution in [2.45, 2.75) is 38.7 Å². The molecule has 0 saturated carbocycles. The van der Waals surface area contributed by atoms with Crippen molar-refractivity contribution >= 4 is 29.2 Å². The number of aromatic carboxylic acids is 1. The third kappa shape index (κ3) is 4.30. The number of unbranched alkanes of at least 4 members (excludes halogenated alkanes) is 1. The van der Waals surface area contributed by atoms with E-state index in [0.717, 1.165) is 47.3 Å². The molecule has 1 unspecified atom stereocenters. The summed E-state index contributed by atoms with van der Waals surface area (Å²) in [6, 6.07) is 14.8. The molecule has 0 aliphatic carbocycles. The normalized spacial score (nSPS) is 16.6. The highest BCUT2D eigenvalue weighted by Gasteiger charge is 2.30. The second-order valence-electron chi connectivity index (χ2n) is 6.89. The van der Waals surface area contributed by atoms with Gasteiger partial charge in [-0.1, -0.05) is 55.3 Å². The molecule has 0 radical (unpaired) electrons. The van der Waals surface area contributed by atoms with Crippen molar-refractivity contribution in [1.82, 2.24) is 0 Å². The summed E-state index contributed by atoms with van der Waals surface area (Å²) < 4.78 is 5.44. The summed E-state index contributed by atoms with van der Waals surface area (Å²) in [4.78, 5) is 17.8. The fourth-order valence-corrected chi connectivity index (χ4v) is 3.83. The minimum Gasteiger partial charge on any atom is -0.481 e. The second kappa shape index (κ2) is 9.14. The number of carbonyl (C=O) groups is 1. The number of aliphatic imine (C=N–C) groups is 1. The monoisotopic (exact) mass is 412 g/mol. The van der Waals surface area contributed by atoms with Gasteiger partial charge in [0.1, 0.15) is 0 Å². The number of ether oxygens (including phenoxy) is 1. The van der Waals surface area contributed by atoms with Gasteiger partial charge in [0.25, 0.3) is 0 Å². The summed E-state index contributed by atoms with van der Waals surface area (Å²) in [5.74, 6) is -0.376. The van der Waals surface area contributed by atoms with Crippen molar-refractivity contribution in [1.29, 1.82) is 0 Å². The molecule has 5 nitrogen and oxygen atoms in total. The Morgan fingerprint density at radius 2 is 1.90 bits per heavy atom. The van der Waals surface area contributed by atoms with Crippen molar-refractivity contribution in [3.63, 3.8) is 0 Å². The highest BCUT2D eigenvalue weighted by Crippen LogP contribution is 2.39. The van der Waals surface area contributed by atoms with Gasteiger partial charge in [-0.3, -0.25) is 0 Å². The van der Waals surface area contributed by atoms with Crippen molar-refractivity contribution in [3.05, 3.63) is 65.4 Å². The van der Waals surface area contributed by atoms with Crippen molar-refractivity contribution in [2.75, 3.05) is 12.0 Å². The molecule has 6 heteroatoms. The number of benzene rings is 2. The van der Waals surface area contributed by atoms with E-state index in [0.29, 0.717) is 5.90 Å². The average Bonchev–Trinajstić information content (AvgIpc) is 2.74. The van der Waals surface area contributed by atoms with E-state index in [2.05, 4.69) is 16.8 Å². The van der Waals surface area contributed by atoms with E-state index in [1.54, 1.807) is 19.2 Å². The molecule has 29 heavy (non-hydrogen) atoms. The number of carboxylic acids is 1. The Labute approximate surface area is 176 Å². The van der Waals surface area contributed by atoms with Gasteiger partial charge in [-0.15, -0.1) is 0 Å². The minimum absolute atomic E-state index is 0.258. The Morgan fingerprint density at radius 1 is 1.21 bits per heavy atom. The zero-order valence-corrected chi connectivity index (χ0v) is 17.6. The lowest BCUT2D eigenvalue weighted by Gasteiger charge is -2.36. The van der Waals surface area contributed by atoms with Crippen molar-refractivity contribution in [2.24, 2.45) is 4.99 Å². The van der Waals surface area contributed by atoms with Gasteiger partial charge in [-0.25, -0.2) is 9.79 Å². The predicted molar refractivity (Wildman–Crippen MR) is 118 cm³/mol. The second-order valence-corrected chi connectivity index (χ2v) is 7.28. The van der Waals surface area contributed by atoms with Crippen LogP contribution in [0, 0.1) is 0 Å². The van der Waals surface area contributed by atoms with Crippen LogP contribution in [0.2, 0.25) is 0 Å². The van der Waals surface area contributed by atoms with Crippen LogP contribution in [0.5, 0.6) is 0 Å². The Bertz CT molecular complexity index is 951. The molecular weight excluding hydrogens is 388 g/mol. The largest absolute Gasteiger partial charge is 0.481 e. The number of methoxy groups -OCH3 is 1. The molecule has 2 aromatic rings. The van der Waals surface area contributed by atoms with Gasteiger partial charge in [-0.2, -0.15) is 0 Å². The molecule has 1 atom stereocenters. The lowest BCUT2D eigenvalue weighted by atomic mass is 9.99. The van der Waals surface area contributed by atoms with E-state index in [1.807, 2.05) is 43.3 Å². The summed E-state index contributed by atoms with van der Waals surface area (Å²) in [6.45, 7) is 4.16. The van der Waals surface area contributed by atoms with E-state index >= 15 is 0 Å². The number of hydrogen-bond acceptors (Lipinski definition) is 4.